The van der Waals surface area contributed by atoms with Crippen LogP contribution in [0.25, 0.3) is 11.3 Å². The van der Waals surface area contributed by atoms with Gasteiger partial charge in [-0.3, -0.25) is 4.79 Å². The van der Waals surface area contributed by atoms with Crippen molar-refractivity contribution in [2.24, 2.45) is 0 Å². The fraction of sp³-hybridized carbons (Fsp3) is 0.154. The molecule has 0 atom stereocenters. The molecule has 0 spiro atoms. The van der Waals surface area contributed by atoms with E-state index in [4.69, 9.17) is 4.42 Å². The molecule has 0 saturated carbocycles. The number of aldehydes is 1. The van der Waals surface area contributed by atoms with Gasteiger partial charge in [0.05, 0.1) is 5.56 Å². The van der Waals surface area contributed by atoms with Crippen molar-refractivity contribution >= 4 is 18.0 Å². The summed E-state index contributed by atoms with van der Waals surface area (Å²) in [5, 5.41) is 0. The Labute approximate surface area is 111 Å². The van der Waals surface area contributed by atoms with Crippen LogP contribution in [0, 0.1) is 0 Å². The average molecular weight is 286 g/mol. The predicted molar refractivity (Wildman–Crippen MR) is 66.3 cm³/mol. The van der Waals surface area contributed by atoms with Gasteiger partial charge in [-0.25, -0.2) is 0 Å². The lowest BCUT2D eigenvalue weighted by Crippen LogP contribution is -2.04. The molecule has 0 fully saturated rings. The maximum atomic E-state index is 12.7. The van der Waals surface area contributed by atoms with Gasteiger partial charge in [0.2, 0.25) is 0 Å². The van der Waals surface area contributed by atoms with E-state index in [0.717, 1.165) is 12.1 Å². The van der Waals surface area contributed by atoms with Gasteiger partial charge < -0.3 is 4.42 Å². The van der Waals surface area contributed by atoms with E-state index in [1.54, 1.807) is 6.26 Å². The lowest BCUT2D eigenvalue weighted by molar-refractivity contribution is -0.137. The first-order chi connectivity index (χ1) is 8.95. The highest BCUT2D eigenvalue weighted by Gasteiger charge is 2.31. The van der Waals surface area contributed by atoms with Gasteiger partial charge in [0.1, 0.15) is 5.76 Å². The average Bonchev–Trinajstić information content (AvgIpc) is 2.85. The smallest absolute Gasteiger partial charge is 0.416 e. The summed E-state index contributed by atoms with van der Waals surface area (Å²) >= 11 is 1.31. The monoisotopic (exact) mass is 286 g/mol. The van der Waals surface area contributed by atoms with Crippen LogP contribution in [0.15, 0.2) is 39.6 Å². The van der Waals surface area contributed by atoms with E-state index < -0.39 is 11.7 Å². The van der Waals surface area contributed by atoms with Crippen molar-refractivity contribution in [3.8, 4) is 11.3 Å². The van der Waals surface area contributed by atoms with Crippen molar-refractivity contribution in [1.29, 1.82) is 0 Å². The molecule has 0 bridgehead atoms. The molecule has 0 N–H and O–H groups in total. The number of hydrogen-bond acceptors (Lipinski definition) is 3. The van der Waals surface area contributed by atoms with E-state index in [9.17, 15) is 18.0 Å². The third-order valence-electron chi connectivity index (χ3n) is 2.54. The van der Waals surface area contributed by atoms with E-state index in [1.165, 1.54) is 30.0 Å². The van der Waals surface area contributed by atoms with Crippen LogP contribution in [0.5, 0.6) is 0 Å². The van der Waals surface area contributed by atoms with Gasteiger partial charge in [-0.1, -0.05) is 0 Å². The molecule has 1 aromatic heterocycles. The predicted octanol–water partition coefficient (Wildman–Crippen LogP) is 4.50. The second kappa shape index (κ2) is 5.13. The Morgan fingerprint density at radius 3 is 2.47 bits per heavy atom. The molecule has 2 nitrogen and oxygen atoms in total. The van der Waals surface area contributed by atoms with Gasteiger partial charge >= 0.3 is 6.18 Å². The number of hydrogen-bond donors (Lipinski definition) is 0. The third-order valence-corrected chi connectivity index (χ3v) is 3.33. The van der Waals surface area contributed by atoms with E-state index in [0.29, 0.717) is 16.7 Å². The number of benzene rings is 1. The number of furan rings is 1. The quantitative estimate of drug-likeness (QED) is 0.614. The van der Waals surface area contributed by atoms with Crippen molar-refractivity contribution < 1.29 is 22.4 Å². The Balaban J connectivity index is 2.56. The molecule has 100 valence electrons. The number of carbonyl (C=O) groups excluding carboxylic acids is 1. The summed E-state index contributed by atoms with van der Waals surface area (Å²) < 4.78 is 43.3. The first-order valence-electron chi connectivity index (χ1n) is 5.26. The highest BCUT2D eigenvalue weighted by atomic mass is 32.2. The minimum atomic E-state index is -4.41. The van der Waals surface area contributed by atoms with Gasteiger partial charge in [-0.05, 0) is 36.6 Å². The molecular weight excluding hydrogens is 277 g/mol. The fourth-order valence-corrected chi connectivity index (χ4v) is 2.22. The van der Waals surface area contributed by atoms with E-state index >= 15 is 0 Å². The van der Waals surface area contributed by atoms with E-state index in [-0.39, 0.29) is 11.5 Å². The number of rotatable bonds is 3. The first-order valence-corrected chi connectivity index (χ1v) is 6.49. The van der Waals surface area contributed by atoms with Crippen molar-refractivity contribution in [1.82, 2.24) is 0 Å². The Morgan fingerprint density at radius 2 is 1.95 bits per heavy atom. The van der Waals surface area contributed by atoms with E-state index in [2.05, 4.69) is 0 Å². The zero-order chi connectivity index (χ0) is 14.0. The van der Waals surface area contributed by atoms with Gasteiger partial charge in [0.15, 0.2) is 12.0 Å². The topological polar surface area (TPSA) is 30.2 Å². The van der Waals surface area contributed by atoms with Crippen molar-refractivity contribution in [2.45, 2.75) is 11.1 Å². The number of carbonyl (C=O) groups is 1. The molecule has 1 heterocycles. The van der Waals surface area contributed by atoms with Crippen LogP contribution in [-0.2, 0) is 6.18 Å². The van der Waals surface area contributed by atoms with Gasteiger partial charge in [-0.15, -0.1) is 11.8 Å². The lowest BCUT2D eigenvalue weighted by Gasteiger charge is -2.10. The Morgan fingerprint density at radius 1 is 1.21 bits per heavy atom. The molecule has 0 aliphatic carbocycles. The molecule has 19 heavy (non-hydrogen) atoms. The summed E-state index contributed by atoms with van der Waals surface area (Å²) in [5.74, 6) is 0.331. The number of halogens is 3. The summed E-state index contributed by atoms with van der Waals surface area (Å²) in [4.78, 5) is 11.2. The summed E-state index contributed by atoms with van der Waals surface area (Å²) in [5.41, 5.74) is -0.417. The zero-order valence-corrected chi connectivity index (χ0v) is 10.6. The minimum Gasteiger partial charge on any atom is -0.453 e. The highest BCUT2D eigenvalue weighted by molar-refractivity contribution is 7.98. The maximum Gasteiger partial charge on any atom is 0.416 e. The summed E-state index contributed by atoms with van der Waals surface area (Å²) in [7, 11) is 0. The maximum absolute atomic E-state index is 12.7. The lowest BCUT2D eigenvalue weighted by atomic mass is 10.1. The van der Waals surface area contributed by atoms with Crippen LogP contribution in [0.1, 0.15) is 16.1 Å². The standard InChI is InChI=1S/C13H9F3O2S/c1-19-12-5-2-8(13(14,15)16)6-10(12)11-4-3-9(7-17)18-11/h2-7H,1H3. The van der Waals surface area contributed by atoms with Gasteiger partial charge in [0.25, 0.3) is 0 Å². The summed E-state index contributed by atoms with van der Waals surface area (Å²) in [6.45, 7) is 0. The van der Waals surface area contributed by atoms with Crippen molar-refractivity contribution in [3.05, 3.63) is 41.7 Å². The van der Waals surface area contributed by atoms with Crippen LogP contribution in [0.3, 0.4) is 0 Å². The van der Waals surface area contributed by atoms with Crippen molar-refractivity contribution in [2.75, 3.05) is 6.26 Å². The van der Waals surface area contributed by atoms with Gasteiger partial charge in [0, 0.05) is 10.5 Å². The van der Waals surface area contributed by atoms with Crippen LogP contribution < -0.4 is 0 Å². The minimum absolute atomic E-state index is 0.0828. The Kier molecular flexibility index (Phi) is 3.71. The molecule has 2 rings (SSSR count). The molecule has 6 heteroatoms. The molecule has 0 amide bonds. The van der Waals surface area contributed by atoms with E-state index in [1.807, 2.05) is 0 Å². The molecule has 0 aliphatic heterocycles. The summed E-state index contributed by atoms with van der Waals surface area (Å²) in [6, 6.07) is 6.36. The molecule has 0 aliphatic rings. The SMILES string of the molecule is CSc1ccc(C(F)(F)F)cc1-c1ccc(C=O)o1. The van der Waals surface area contributed by atoms with Crippen LogP contribution in [0.4, 0.5) is 13.2 Å². The molecular formula is C13H9F3O2S. The summed E-state index contributed by atoms with van der Waals surface area (Å²) in [6.07, 6.45) is -2.14. The van der Waals surface area contributed by atoms with Crippen LogP contribution >= 0.6 is 11.8 Å². The molecule has 2 aromatic rings. The third kappa shape index (κ3) is 2.84. The Hall–Kier alpha value is -1.69. The van der Waals surface area contributed by atoms with Crippen molar-refractivity contribution in [3.63, 3.8) is 0 Å². The van der Waals surface area contributed by atoms with Crippen LogP contribution in [-0.4, -0.2) is 12.5 Å². The van der Waals surface area contributed by atoms with Crippen LogP contribution in [0.2, 0.25) is 0 Å². The number of alkyl halides is 3. The first kappa shape index (κ1) is 13.7. The number of thioether (sulfide) groups is 1. The highest BCUT2D eigenvalue weighted by Crippen LogP contribution is 2.37. The second-order valence-electron chi connectivity index (χ2n) is 3.73. The second-order valence-corrected chi connectivity index (χ2v) is 4.58. The zero-order valence-electron chi connectivity index (χ0n) is 9.82. The molecule has 0 radical (unpaired) electrons. The molecule has 0 saturated heterocycles. The molecule has 1 aromatic carbocycles. The van der Waals surface area contributed by atoms with Gasteiger partial charge in [-0.2, -0.15) is 13.2 Å². The largest absolute Gasteiger partial charge is 0.453 e. The normalized spacial score (nSPS) is 11.6. The Bertz CT molecular complexity index is 602. The fourth-order valence-electron chi connectivity index (χ4n) is 1.64. The molecule has 0 unspecified atom stereocenters.